The van der Waals surface area contributed by atoms with E-state index < -0.39 is 8.07 Å². The van der Waals surface area contributed by atoms with Gasteiger partial charge in [-0.2, -0.15) is 0 Å². The number of ketones is 1. The van der Waals surface area contributed by atoms with Crippen molar-refractivity contribution in [1.82, 2.24) is 14.5 Å². The van der Waals surface area contributed by atoms with Crippen molar-refractivity contribution in [3.05, 3.63) is 32.3 Å². The third-order valence-corrected chi connectivity index (χ3v) is 7.80. The molecule has 1 fully saturated rings. The zero-order valence-corrected chi connectivity index (χ0v) is 20.9. The summed E-state index contributed by atoms with van der Waals surface area (Å²) in [5.41, 5.74) is 1.29. The first-order valence-corrected chi connectivity index (χ1v) is 14.8. The van der Waals surface area contributed by atoms with Crippen molar-refractivity contribution in [2.24, 2.45) is 13.0 Å². The molecule has 0 saturated heterocycles. The molecule has 0 aliphatic heterocycles. The highest BCUT2D eigenvalue weighted by molar-refractivity contribution is 9.10. The summed E-state index contributed by atoms with van der Waals surface area (Å²) in [6.07, 6.45) is 3.47. The molecule has 9 heteroatoms. The molecule has 0 spiro atoms. The summed E-state index contributed by atoms with van der Waals surface area (Å²) >= 11 is 3.51. The first kappa shape index (κ1) is 23.0. The minimum Gasteiger partial charge on any atom is -0.361 e. The monoisotopic (exact) mass is 495 g/mol. The molecular formula is C21H30BrN3O4Si. The number of pyridine rings is 1. The molecule has 3 rings (SSSR count). The molecule has 1 N–H and O–H groups in total. The molecule has 1 aliphatic carbocycles. The highest BCUT2D eigenvalue weighted by Gasteiger charge is 2.30. The zero-order valence-electron chi connectivity index (χ0n) is 18.3. The second-order valence-corrected chi connectivity index (χ2v) is 15.8. The van der Waals surface area contributed by atoms with Gasteiger partial charge in [-0.1, -0.05) is 19.6 Å². The van der Waals surface area contributed by atoms with E-state index >= 15 is 0 Å². The lowest BCUT2D eigenvalue weighted by Gasteiger charge is -2.16. The van der Waals surface area contributed by atoms with Gasteiger partial charge in [0.05, 0.1) is 12.1 Å². The Balaban J connectivity index is 1.94. The van der Waals surface area contributed by atoms with Gasteiger partial charge < -0.3 is 19.2 Å². The van der Waals surface area contributed by atoms with Gasteiger partial charge in [0, 0.05) is 49.4 Å². The summed E-state index contributed by atoms with van der Waals surface area (Å²) in [6, 6.07) is 1.02. The van der Waals surface area contributed by atoms with E-state index in [1.807, 2.05) is 6.92 Å². The topological polar surface area (TPSA) is 82.3 Å². The lowest BCUT2D eigenvalue weighted by atomic mass is 10.1. The van der Waals surface area contributed by atoms with Crippen molar-refractivity contribution in [3.8, 4) is 0 Å². The summed E-state index contributed by atoms with van der Waals surface area (Å²) in [6.45, 7) is 9.49. The van der Waals surface area contributed by atoms with E-state index in [-0.39, 0.29) is 36.4 Å². The van der Waals surface area contributed by atoms with Crippen LogP contribution in [0.5, 0.6) is 0 Å². The average Bonchev–Trinajstić information content (AvgIpc) is 3.45. The molecule has 0 bridgehead atoms. The molecule has 30 heavy (non-hydrogen) atoms. The third-order valence-electron chi connectivity index (χ3n) is 5.49. The van der Waals surface area contributed by atoms with Crippen molar-refractivity contribution < 1.29 is 14.3 Å². The van der Waals surface area contributed by atoms with E-state index in [4.69, 9.17) is 4.74 Å². The summed E-state index contributed by atoms with van der Waals surface area (Å²) in [5, 5.41) is 3.30. The SMILES string of the molecule is Cc1c(C(=O)NCC(=O)C2CC2)c2c(Br)cn(C)c(=O)c2n1COCC[Si](C)(C)C. The number of carbonyl (C=O) groups excluding carboxylic acids is 2. The van der Waals surface area contributed by atoms with Gasteiger partial charge in [0.15, 0.2) is 5.78 Å². The average molecular weight is 496 g/mol. The highest BCUT2D eigenvalue weighted by Crippen LogP contribution is 2.31. The van der Waals surface area contributed by atoms with Crippen LogP contribution in [0.15, 0.2) is 15.5 Å². The molecule has 0 unspecified atom stereocenters. The van der Waals surface area contributed by atoms with Crippen LogP contribution >= 0.6 is 15.9 Å². The second kappa shape index (κ2) is 8.80. The molecule has 2 aromatic rings. The van der Waals surface area contributed by atoms with E-state index in [2.05, 4.69) is 40.9 Å². The molecule has 164 valence electrons. The Morgan fingerprint density at radius 2 is 1.97 bits per heavy atom. The van der Waals surface area contributed by atoms with Crippen LogP contribution < -0.4 is 10.9 Å². The fourth-order valence-electron chi connectivity index (χ4n) is 3.43. The number of aryl methyl sites for hydroxylation is 1. The third kappa shape index (κ3) is 4.95. The second-order valence-electron chi connectivity index (χ2n) is 9.28. The van der Waals surface area contributed by atoms with Crippen LogP contribution in [-0.4, -0.2) is 42.1 Å². The predicted octanol–water partition coefficient (Wildman–Crippen LogP) is 3.43. The Bertz CT molecular complexity index is 1050. The van der Waals surface area contributed by atoms with Gasteiger partial charge in [-0.15, -0.1) is 0 Å². The number of halogens is 1. The van der Waals surface area contributed by atoms with Gasteiger partial charge in [-0.05, 0) is 41.7 Å². The van der Waals surface area contributed by atoms with Crippen molar-refractivity contribution in [2.45, 2.75) is 52.2 Å². The first-order valence-electron chi connectivity index (χ1n) is 10.3. The first-order chi connectivity index (χ1) is 14.0. The van der Waals surface area contributed by atoms with Crippen LogP contribution in [0.2, 0.25) is 25.7 Å². The number of Topliss-reactive ketones (excluding diaryl/α,β-unsaturated/α-hetero) is 1. The number of hydrogen-bond donors (Lipinski definition) is 1. The number of ether oxygens (including phenoxy) is 1. The minimum atomic E-state index is -1.23. The molecule has 1 saturated carbocycles. The van der Waals surface area contributed by atoms with Crippen LogP contribution in [0.3, 0.4) is 0 Å². The number of aromatic nitrogens is 2. The van der Waals surface area contributed by atoms with Crippen molar-refractivity contribution in [3.63, 3.8) is 0 Å². The summed E-state index contributed by atoms with van der Waals surface area (Å²) < 4.78 is 9.81. The van der Waals surface area contributed by atoms with Crippen LogP contribution in [0.25, 0.3) is 10.9 Å². The normalized spacial score (nSPS) is 14.3. The number of fused-ring (bicyclic) bond motifs is 1. The standard InChI is InChI=1S/C21H30BrN3O4Si/c1-13-17(20(27)23-10-16(26)14-6-7-14)18-15(22)11-24(2)21(28)19(18)25(13)12-29-8-9-30(3,4)5/h11,14H,6-10,12H2,1-5H3,(H,23,27). The summed E-state index contributed by atoms with van der Waals surface area (Å²) in [7, 11) is 0.446. The molecular weight excluding hydrogens is 466 g/mol. The summed E-state index contributed by atoms with van der Waals surface area (Å²) in [4.78, 5) is 38.0. The number of carbonyl (C=O) groups is 2. The zero-order chi connectivity index (χ0) is 22.2. The van der Waals surface area contributed by atoms with Gasteiger partial charge in [0.2, 0.25) is 0 Å². The maximum atomic E-state index is 13.0. The molecule has 1 aliphatic rings. The quantitative estimate of drug-likeness (QED) is 0.426. The molecule has 1 amide bonds. The Morgan fingerprint density at radius 1 is 1.30 bits per heavy atom. The number of hydrogen-bond acceptors (Lipinski definition) is 4. The van der Waals surface area contributed by atoms with Crippen LogP contribution in [0.4, 0.5) is 0 Å². The van der Waals surface area contributed by atoms with E-state index in [1.165, 1.54) is 4.57 Å². The molecule has 0 radical (unpaired) electrons. The van der Waals surface area contributed by atoms with Crippen molar-refractivity contribution in [1.29, 1.82) is 0 Å². The van der Waals surface area contributed by atoms with Gasteiger partial charge >= 0.3 is 0 Å². The van der Waals surface area contributed by atoms with Crippen LogP contribution in [0.1, 0.15) is 28.9 Å². The smallest absolute Gasteiger partial charge is 0.274 e. The molecule has 2 aromatic heterocycles. The summed E-state index contributed by atoms with van der Waals surface area (Å²) in [5.74, 6) is -0.192. The largest absolute Gasteiger partial charge is 0.361 e. The van der Waals surface area contributed by atoms with Crippen molar-refractivity contribution in [2.75, 3.05) is 13.2 Å². The lowest BCUT2D eigenvalue weighted by Crippen LogP contribution is -2.30. The van der Waals surface area contributed by atoms with Crippen molar-refractivity contribution >= 4 is 46.6 Å². The number of nitrogens with one attached hydrogen (secondary N) is 1. The Kier molecular flexibility index (Phi) is 6.74. The van der Waals surface area contributed by atoms with E-state index in [0.29, 0.717) is 33.2 Å². The number of amides is 1. The number of rotatable bonds is 9. The maximum absolute atomic E-state index is 13.0. The van der Waals surface area contributed by atoms with Crippen LogP contribution in [-0.2, 0) is 23.3 Å². The fraction of sp³-hybridized carbons (Fsp3) is 0.571. The van der Waals surface area contributed by atoms with E-state index in [0.717, 1.165) is 18.9 Å². The molecule has 2 heterocycles. The number of nitrogens with zero attached hydrogens (tertiary/aromatic N) is 2. The molecule has 0 aromatic carbocycles. The minimum absolute atomic E-state index is 0.0186. The van der Waals surface area contributed by atoms with E-state index in [1.54, 1.807) is 17.8 Å². The Morgan fingerprint density at radius 3 is 2.57 bits per heavy atom. The van der Waals surface area contributed by atoms with Gasteiger partial charge in [0.1, 0.15) is 12.2 Å². The molecule has 7 nitrogen and oxygen atoms in total. The maximum Gasteiger partial charge on any atom is 0.274 e. The Labute approximate surface area is 185 Å². The van der Waals surface area contributed by atoms with Gasteiger partial charge in [-0.3, -0.25) is 14.4 Å². The Hall–Kier alpha value is -1.71. The van der Waals surface area contributed by atoms with Gasteiger partial charge in [-0.25, -0.2) is 0 Å². The predicted molar refractivity (Wildman–Crippen MR) is 124 cm³/mol. The van der Waals surface area contributed by atoms with Crippen LogP contribution in [0, 0.1) is 12.8 Å². The fourth-order valence-corrected chi connectivity index (χ4v) is 4.88. The highest BCUT2D eigenvalue weighted by atomic mass is 79.9. The van der Waals surface area contributed by atoms with Gasteiger partial charge in [0.25, 0.3) is 11.5 Å². The lowest BCUT2D eigenvalue weighted by molar-refractivity contribution is -0.119. The van der Waals surface area contributed by atoms with E-state index in [9.17, 15) is 14.4 Å². The molecule has 0 atom stereocenters.